The predicted octanol–water partition coefficient (Wildman–Crippen LogP) is 1.26. The third-order valence-corrected chi connectivity index (χ3v) is 4.01. The van der Waals surface area contributed by atoms with Gasteiger partial charge >= 0.3 is 0 Å². The number of rotatable bonds is 4. The summed E-state index contributed by atoms with van der Waals surface area (Å²) in [5.74, 6) is 1.06. The maximum Gasteiger partial charge on any atom is 0.225 e. The molecule has 2 aromatic heterocycles. The van der Waals surface area contributed by atoms with E-state index in [1.54, 1.807) is 29.8 Å². The zero-order valence-electron chi connectivity index (χ0n) is 12.1. The van der Waals surface area contributed by atoms with Crippen LogP contribution in [0.1, 0.15) is 5.82 Å². The van der Waals surface area contributed by atoms with Gasteiger partial charge in [-0.1, -0.05) is 23.9 Å². The van der Waals surface area contributed by atoms with E-state index in [0.29, 0.717) is 28.1 Å². The summed E-state index contributed by atoms with van der Waals surface area (Å²) in [5, 5.41) is 8.71. The van der Waals surface area contributed by atoms with Crippen LogP contribution in [0, 0.1) is 5.82 Å². The molecule has 118 valence electrons. The Morgan fingerprint density at radius 1 is 1.09 bits per heavy atom. The van der Waals surface area contributed by atoms with Crippen LogP contribution in [0.15, 0.2) is 29.4 Å². The Bertz CT molecular complexity index is 829. The van der Waals surface area contributed by atoms with Crippen molar-refractivity contribution in [2.45, 2.75) is 10.9 Å². The highest BCUT2D eigenvalue weighted by atomic mass is 32.2. The molecule has 0 aliphatic heterocycles. The SMILES string of the molecule is Cn1c(SCc2nc(N)nc(N)n2)nnc1-c1ccccc1F. The Hall–Kier alpha value is -2.75. The van der Waals surface area contributed by atoms with E-state index in [-0.39, 0.29) is 17.7 Å². The molecule has 0 radical (unpaired) electrons. The standard InChI is InChI=1S/C13H13FN8S/c1-22-10(7-4-2-3-5-8(7)14)20-21-13(22)23-6-9-17-11(15)19-12(16)18-9/h2-5H,6H2,1H3,(H4,15,16,17,18,19). The lowest BCUT2D eigenvalue weighted by Crippen LogP contribution is -2.06. The Kier molecular flexibility index (Phi) is 4.06. The Morgan fingerprint density at radius 2 is 1.78 bits per heavy atom. The van der Waals surface area contributed by atoms with Gasteiger partial charge in [-0.05, 0) is 12.1 Å². The van der Waals surface area contributed by atoms with Crippen LogP contribution in [0.2, 0.25) is 0 Å². The first-order chi connectivity index (χ1) is 11.0. The molecule has 0 aliphatic carbocycles. The van der Waals surface area contributed by atoms with E-state index in [4.69, 9.17) is 11.5 Å². The molecule has 0 atom stereocenters. The highest BCUT2D eigenvalue weighted by Gasteiger charge is 2.15. The molecule has 4 N–H and O–H groups in total. The van der Waals surface area contributed by atoms with E-state index >= 15 is 0 Å². The molecule has 0 aliphatic rings. The van der Waals surface area contributed by atoms with Gasteiger partial charge in [-0.25, -0.2) is 4.39 Å². The number of nitrogen functional groups attached to an aromatic ring is 2. The van der Waals surface area contributed by atoms with E-state index < -0.39 is 0 Å². The second-order valence-corrected chi connectivity index (χ2v) is 5.54. The topological polar surface area (TPSA) is 121 Å². The zero-order valence-corrected chi connectivity index (χ0v) is 13.0. The van der Waals surface area contributed by atoms with Crippen molar-refractivity contribution >= 4 is 23.7 Å². The molecule has 3 aromatic rings. The van der Waals surface area contributed by atoms with Crippen molar-refractivity contribution < 1.29 is 4.39 Å². The van der Waals surface area contributed by atoms with Crippen molar-refractivity contribution in [3.8, 4) is 11.4 Å². The van der Waals surface area contributed by atoms with Crippen LogP contribution < -0.4 is 11.5 Å². The van der Waals surface area contributed by atoms with Crippen LogP contribution in [-0.4, -0.2) is 29.7 Å². The summed E-state index contributed by atoms with van der Waals surface area (Å²) in [6.07, 6.45) is 0. The maximum atomic E-state index is 13.9. The number of halogens is 1. The number of nitrogens with zero attached hydrogens (tertiary/aromatic N) is 6. The zero-order chi connectivity index (χ0) is 16.4. The van der Waals surface area contributed by atoms with Crippen molar-refractivity contribution in [3.63, 3.8) is 0 Å². The number of anilines is 2. The van der Waals surface area contributed by atoms with Gasteiger partial charge in [0.15, 0.2) is 11.0 Å². The summed E-state index contributed by atoms with van der Waals surface area (Å²) in [6.45, 7) is 0. The number of hydrogen-bond acceptors (Lipinski definition) is 8. The van der Waals surface area contributed by atoms with E-state index in [1.807, 2.05) is 0 Å². The van der Waals surface area contributed by atoms with E-state index in [0.717, 1.165) is 0 Å². The fourth-order valence-electron chi connectivity index (χ4n) is 1.97. The van der Waals surface area contributed by atoms with Gasteiger partial charge in [0, 0.05) is 7.05 Å². The molecule has 1 aromatic carbocycles. The minimum absolute atomic E-state index is 0.0677. The number of aromatic nitrogens is 6. The second-order valence-electron chi connectivity index (χ2n) is 4.60. The fraction of sp³-hybridized carbons (Fsp3) is 0.154. The van der Waals surface area contributed by atoms with Crippen LogP contribution in [0.4, 0.5) is 16.3 Å². The average molecular weight is 332 g/mol. The van der Waals surface area contributed by atoms with Crippen LogP contribution in [0.3, 0.4) is 0 Å². The van der Waals surface area contributed by atoms with Crippen molar-refractivity contribution in [3.05, 3.63) is 35.9 Å². The van der Waals surface area contributed by atoms with Crippen molar-refractivity contribution in [2.75, 3.05) is 11.5 Å². The molecule has 0 saturated heterocycles. The lowest BCUT2D eigenvalue weighted by atomic mass is 10.2. The molecule has 0 bridgehead atoms. The number of thioether (sulfide) groups is 1. The van der Waals surface area contributed by atoms with Crippen LogP contribution in [0.25, 0.3) is 11.4 Å². The lowest BCUT2D eigenvalue weighted by Gasteiger charge is -2.05. The van der Waals surface area contributed by atoms with Gasteiger partial charge in [0.05, 0.1) is 11.3 Å². The Labute approximate surface area is 135 Å². The smallest absolute Gasteiger partial charge is 0.225 e. The Balaban J connectivity index is 1.81. The van der Waals surface area contributed by atoms with Crippen LogP contribution in [0.5, 0.6) is 0 Å². The van der Waals surface area contributed by atoms with E-state index in [9.17, 15) is 4.39 Å². The highest BCUT2D eigenvalue weighted by Crippen LogP contribution is 2.26. The minimum atomic E-state index is -0.349. The van der Waals surface area contributed by atoms with Gasteiger partial charge in [0.25, 0.3) is 0 Å². The van der Waals surface area contributed by atoms with Crippen LogP contribution in [-0.2, 0) is 12.8 Å². The second kappa shape index (κ2) is 6.16. The largest absolute Gasteiger partial charge is 0.368 e. The third-order valence-electron chi connectivity index (χ3n) is 3.00. The van der Waals surface area contributed by atoms with Gasteiger partial charge in [0.2, 0.25) is 11.9 Å². The molecule has 8 nitrogen and oxygen atoms in total. The fourth-order valence-corrected chi connectivity index (χ4v) is 2.73. The summed E-state index contributed by atoms with van der Waals surface area (Å²) < 4.78 is 15.6. The molecule has 2 heterocycles. The first-order valence-corrected chi connectivity index (χ1v) is 7.56. The third kappa shape index (κ3) is 3.21. The quantitative estimate of drug-likeness (QED) is 0.685. The van der Waals surface area contributed by atoms with Gasteiger partial charge in [-0.3, -0.25) is 0 Å². The molecule has 0 saturated carbocycles. The molecule has 10 heteroatoms. The van der Waals surface area contributed by atoms with Gasteiger partial charge in [-0.2, -0.15) is 15.0 Å². The first kappa shape index (κ1) is 15.2. The molecule has 23 heavy (non-hydrogen) atoms. The maximum absolute atomic E-state index is 13.9. The Morgan fingerprint density at radius 3 is 2.48 bits per heavy atom. The predicted molar refractivity (Wildman–Crippen MR) is 84.6 cm³/mol. The number of nitrogens with two attached hydrogens (primary N) is 2. The van der Waals surface area contributed by atoms with Crippen molar-refractivity contribution in [2.24, 2.45) is 7.05 Å². The molecule has 0 fully saturated rings. The molecule has 0 unspecified atom stereocenters. The van der Waals surface area contributed by atoms with E-state index in [1.165, 1.54) is 17.8 Å². The minimum Gasteiger partial charge on any atom is -0.368 e. The molecular weight excluding hydrogens is 319 g/mol. The van der Waals surface area contributed by atoms with E-state index in [2.05, 4.69) is 25.1 Å². The number of hydrogen-bond donors (Lipinski definition) is 2. The summed E-state index contributed by atoms with van der Waals surface area (Å²) in [6, 6.07) is 6.41. The first-order valence-electron chi connectivity index (χ1n) is 6.57. The highest BCUT2D eigenvalue weighted by molar-refractivity contribution is 7.98. The van der Waals surface area contributed by atoms with Gasteiger partial charge in [0.1, 0.15) is 11.6 Å². The average Bonchev–Trinajstić information content (AvgIpc) is 2.86. The lowest BCUT2D eigenvalue weighted by molar-refractivity contribution is 0.628. The summed E-state index contributed by atoms with van der Waals surface area (Å²) in [4.78, 5) is 11.7. The van der Waals surface area contributed by atoms with Crippen LogP contribution >= 0.6 is 11.8 Å². The van der Waals surface area contributed by atoms with Gasteiger partial charge in [-0.15, -0.1) is 10.2 Å². The molecular formula is C13H13FN8S. The summed E-state index contributed by atoms with van der Waals surface area (Å²) >= 11 is 1.34. The summed E-state index contributed by atoms with van der Waals surface area (Å²) in [5.41, 5.74) is 11.4. The number of benzene rings is 1. The van der Waals surface area contributed by atoms with Gasteiger partial charge < -0.3 is 16.0 Å². The normalized spacial score (nSPS) is 10.9. The molecule has 0 amide bonds. The summed E-state index contributed by atoms with van der Waals surface area (Å²) in [7, 11) is 1.76. The monoisotopic (exact) mass is 332 g/mol. The molecule has 3 rings (SSSR count). The molecule has 0 spiro atoms. The van der Waals surface area contributed by atoms with Crippen molar-refractivity contribution in [1.82, 2.24) is 29.7 Å². The van der Waals surface area contributed by atoms with Crippen molar-refractivity contribution in [1.29, 1.82) is 0 Å².